The highest BCUT2D eigenvalue weighted by molar-refractivity contribution is 8.03. The zero-order valence-electron chi connectivity index (χ0n) is 14.8. The topological polar surface area (TPSA) is 79.7 Å². The standard InChI is InChI=1S/C20H20N2O4S/c23-19(24)17(27-20-21-15-7-3-4-8-16(15)26-20)13-14-9-10-18(25-14)22-11-5-1-2-6-12-22/h3-4,7-10,13H,1-2,5-6,11-12H2,(H,23,24)/b17-13+. The van der Waals surface area contributed by atoms with E-state index >= 15 is 0 Å². The summed E-state index contributed by atoms with van der Waals surface area (Å²) in [5.41, 5.74) is 1.33. The Morgan fingerprint density at radius 3 is 2.59 bits per heavy atom. The summed E-state index contributed by atoms with van der Waals surface area (Å²) in [4.78, 5) is 18.3. The van der Waals surface area contributed by atoms with Crippen LogP contribution in [0.4, 0.5) is 5.88 Å². The molecule has 0 bridgehead atoms. The number of hydrogen-bond acceptors (Lipinski definition) is 6. The minimum atomic E-state index is -1.05. The predicted molar refractivity (Wildman–Crippen MR) is 105 cm³/mol. The molecular formula is C20H20N2O4S. The normalized spacial score (nSPS) is 15.9. The third kappa shape index (κ3) is 4.19. The highest BCUT2D eigenvalue weighted by atomic mass is 32.2. The molecule has 3 heterocycles. The van der Waals surface area contributed by atoms with Crippen molar-refractivity contribution in [3.05, 3.63) is 47.1 Å². The SMILES string of the molecule is O=C(O)/C(=C\c1ccc(N2CCCCCC2)o1)Sc1nc2ccccc2o1. The smallest absolute Gasteiger partial charge is 0.342 e. The van der Waals surface area contributed by atoms with Crippen molar-refractivity contribution in [2.45, 2.75) is 30.9 Å². The van der Waals surface area contributed by atoms with Crippen molar-refractivity contribution in [1.82, 2.24) is 4.98 Å². The molecule has 2 aromatic heterocycles. The molecule has 3 aromatic rings. The second kappa shape index (κ2) is 7.92. The van der Waals surface area contributed by atoms with Crippen molar-refractivity contribution in [2.24, 2.45) is 0 Å². The molecule has 7 heteroatoms. The van der Waals surface area contributed by atoms with Crippen molar-refractivity contribution in [3.8, 4) is 0 Å². The number of carboxylic acids is 1. The number of aliphatic carboxylic acids is 1. The minimum Gasteiger partial charge on any atom is -0.477 e. The van der Waals surface area contributed by atoms with Crippen molar-refractivity contribution < 1.29 is 18.7 Å². The second-order valence-corrected chi connectivity index (χ2v) is 7.43. The molecule has 0 atom stereocenters. The van der Waals surface area contributed by atoms with Crippen LogP contribution in [0.1, 0.15) is 31.4 Å². The molecule has 1 saturated heterocycles. The molecule has 27 heavy (non-hydrogen) atoms. The van der Waals surface area contributed by atoms with Crippen LogP contribution < -0.4 is 4.90 Å². The van der Waals surface area contributed by atoms with E-state index in [1.54, 1.807) is 12.1 Å². The molecule has 1 aliphatic heterocycles. The number of benzene rings is 1. The zero-order chi connectivity index (χ0) is 18.6. The predicted octanol–water partition coefficient (Wildman–Crippen LogP) is 5.02. The van der Waals surface area contributed by atoms with Crippen LogP contribution in [0, 0.1) is 0 Å². The Balaban J connectivity index is 1.54. The lowest BCUT2D eigenvalue weighted by atomic mass is 10.2. The number of carbonyl (C=O) groups is 1. The van der Waals surface area contributed by atoms with E-state index in [1.807, 2.05) is 24.3 Å². The van der Waals surface area contributed by atoms with Gasteiger partial charge in [-0.05, 0) is 42.8 Å². The van der Waals surface area contributed by atoms with Crippen LogP contribution in [0.5, 0.6) is 0 Å². The number of furan rings is 1. The summed E-state index contributed by atoms with van der Waals surface area (Å²) in [5, 5.41) is 9.85. The van der Waals surface area contributed by atoms with Gasteiger partial charge < -0.3 is 18.8 Å². The average Bonchev–Trinajstić information content (AvgIpc) is 3.19. The number of aromatic nitrogens is 1. The van der Waals surface area contributed by atoms with Gasteiger partial charge in [0.25, 0.3) is 5.22 Å². The van der Waals surface area contributed by atoms with Crippen LogP contribution in [0.15, 0.2) is 55.4 Å². The molecule has 0 unspecified atom stereocenters. The number of rotatable bonds is 5. The number of nitrogens with zero attached hydrogens (tertiary/aromatic N) is 2. The average molecular weight is 384 g/mol. The number of thioether (sulfide) groups is 1. The summed E-state index contributed by atoms with van der Waals surface area (Å²) >= 11 is 0.976. The first-order valence-electron chi connectivity index (χ1n) is 9.02. The molecule has 0 amide bonds. The Bertz CT molecular complexity index is 934. The molecule has 1 aliphatic rings. The quantitative estimate of drug-likeness (QED) is 0.489. The van der Waals surface area contributed by atoms with Gasteiger partial charge in [0.15, 0.2) is 11.5 Å². The largest absolute Gasteiger partial charge is 0.477 e. The van der Waals surface area contributed by atoms with Crippen molar-refractivity contribution >= 4 is 40.8 Å². The van der Waals surface area contributed by atoms with E-state index in [9.17, 15) is 9.90 Å². The van der Waals surface area contributed by atoms with E-state index in [2.05, 4.69) is 9.88 Å². The fourth-order valence-electron chi connectivity index (χ4n) is 3.13. The van der Waals surface area contributed by atoms with Crippen molar-refractivity contribution in [2.75, 3.05) is 18.0 Å². The molecule has 140 valence electrons. The molecule has 0 aliphatic carbocycles. The Kier molecular flexibility index (Phi) is 5.20. The summed E-state index contributed by atoms with van der Waals surface area (Å²) in [6, 6.07) is 11.0. The zero-order valence-corrected chi connectivity index (χ0v) is 15.6. The minimum absolute atomic E-state index is 0.0957. The molecule has 6 nitrogen and oxygen atoms in total. The number of fused-ring (bicyclic) bond motifs is 1. The number of carboxylic acid groups (broad SMARTS) is 1. The van der Waals surface area contributed by atoms with Gasteiger partial charge in [-0.1, -0.05) is 25.0 Å². The first kappa shape index (κ1) is 17.7. The van der Waals surface area contributed by atoms with E-state index in [-0.39, 0.29) is 4.91 Å². The van der Waals surface area contributed by atoms with Crippen molar-refractivity contribution in [3.63, 3.8) is 0 Å². The van der Waals surface area contributed by atoms with Gasteiger partial charge in [0, 0.05) is 25.2 Å². The Hall–Kier alpha value is -2.67. The molecule has 1 N–H and O–H groups in total. The fraction of sp³-hybridized carbons (Fsp3) is 0.300. The molecule has 0 spiro atoms. The monoisotopic (exact) mass is 384 g/mol. The van der Waals surface area contributed by atoms with E-state index in [0.717, 1.165) is 43.6 Å². The highest BCUT2D eigenvalue weighted by Gasteiger charge is 2.17. The van der Waals surface area contributed by atoms with Crippen LogP contribution >= 0.6 is 11.8 Å². The Labute approximate surface area is 160 Å². The van der Waals surface area contributed by atoms with Gasteiger partial charge in [0.1, 0.15) is 16.2 Å². The number of oxazole rings is 1. The lowest BCUT2D eigenvalue weighted by molar-refractivity contribution is -0.131. The van der Waals surface area contributed by atoms with E-state index in [0.29, 0.717) is 22.1 Å². The van der Waals surface area contributed by atoms with Gasteiger partial charge in [0.05, 0.1) is 0 Å². The summed E-state index contributed by atoms with van der Waals surface area (Å²) < 4.78 is 11.5. The molecule has 0 radical (unpaired) electrons. The Morgan fingerprint density at radius 1 is 1.07 bits per heavy atom. The van der Waals surface area contributed by atoms with Crippen LogP contribution in [-0.2, 0) is 4.79 Å². The molecular weight excluding hydrogens is 364 g/mol. The van der Waals surface area contributed by atoms with E-state index in [4.69, 9.17) is 8.83 Å². The van der Waals surface area contributed by atoms with Crippen LogP contribution in [-0.4, -0.2) is 29.1 Å². The van der Waals surface area contributed by atoms with Crippen molar-refractivity contribution in [1.29, 1.82) is 0 Å². The lowest BCUT2D eigenvalue weighted by Gasteiger charge is -2.18. The Morgan fingerprint density at radius 2 is 1.85 bits per heavy atom. The third-order valence-corrected chi connectivity index (χ3v) is 5.35. The first-order valence-corrected chi connectivity index (χ1v) is 9.84. The second-order valence-electron chi connectivity index (χ2n) is 6.44. The maximum atomic E-state index is 11.7. The molecule has 4 rings (SSSR count). The summed E-state index contributed by atoms with van der Waals surface area (Å²) in [7, 11) is 0. The van der Waals surface area contributed by atoms with Crippen LogP contribution in [0.2, 0.25) is 0 Å². The van der Waals surface area contributed by atoms with E-state index < -0.39 is 5.97 Å². The van der Waals surface area contributed by atoms with Gasteiger partial charge in [0.2, 0.25) is 0 Å². The van der Waals surface area contributed by atoms with E-state index in [1.165, 1.54) is 18.9 Å². The summed E-state index contributed by atoms with van der Waals surface area (Å²) in [5.74, 6) is 0.255. The summed E-state index contributed by atoms with van der Waals surface area (Å²) in [6.45, 7) is 1.94. The number of anilines is 1. The molecule has 0 saturated carbocycles. The maximum Gasteiger partial charge on any atom is 0.342 e. The van der Waals surface area contributed by atoms with Gasteiger partial charge >= 0.3 is 5.97 Å². The fourth-order valence-corrected chi connectivity index (χ4v) is 3.86. The molecule has 1 fully saturated rings. The van der Waals surface area contributed by atoms with Gasteiger partial charge in [-0.2, -0.15) is 0 Å². The van der Waals surface area contributed by atoms with Crippen LogP contribution in [0.25, 0.3) is 17.2 Å². The maximum absolute atomic E-state index is 11.7. The number of hydrogen-bond donors (Lipinski definition) is 1. The third-order valence-electron chi connectivity index (χ3n) is 4.49. The van der Waals surface area contributed by atoms with Gasteiger partial charge in [-0.15, -0.1) is 0 Å². The molecule has 1 aromatic carbocycles. The lowest BCUT2D eigenvalue weighted by Crippen LogP contribution is -2.23. The number of para-hydroxylation sites is 2. The van der Waals surface area contributed by atoms with Gasteiger partial charge in [-0.3, -0.25) is 0 Å². The van der Waals surface area contributed by atoms with Crippen LogP contribution in [0.3, 0.4) is 0 Å². The summed E-state index contributed by atoms with van der Waals surface area (Å²) in [6.07, 6.45) is 6.31. The van der Waals surface area contributed by atoms with Gasteiger partial charge in [-0.25, -0.2) is 9.78 Å². The first-order chi connectivity index (χ1) is 13.2. The highest BCUT2D eigenvalue weighted by Crippen LogP contribution is 2.31.